The zero-order chi connectivity index (χ0) is 26.8. The minimum absolute atomic E-state index is 0.000480. The second kappa shape index (κ2) is 11.2. The third-order valence-corrected chi connectivity index (χ3v) is 7.01. The van der Waals surface area contributed by atoms with Crippen LogP contribution in [0.4, 0.5) is 0 Å². The quantitative estimate of drug-likeness (QED) is 0.533. The first-order valence-corrected chi connectivity index (χ1v) is 12.7. The Labute approximate surface area is 217 Å². The molecule has 3 rings (SSSR count). The number of cyclic esters (lactones) is 1. The molecule has 0 saturated carbocycles. The molecule has 10 heteroatoms. The van der Waals surface area contributed by atoms with Crippen molar-refractivity contribution in [2.45, 2.75) is 84.8 Å². The van der Waals surface area contributed by atoms with Gasteiger partial charge in [-0.15, -0.1) is 0 Å². The molecule has 9 nitrogen and oxygen atoms in total. The van der Waals surface area contributed by atoms with Gasteiger partial charge in [0.25, 0.3) is 5.91 Å². The number of amides is 3. The maximum atomic E-state index is 14.0. The molecule has 1 aromatic rings. The van der Waals surface area contributed by atoms with E-state index in [1.165, 1.54) is 0 Å². The molecule has 0 spiro atoms. The number of halogens is 1. The first-order chi connectivity index (χ1) is 16.8. The van der Waals surface area contributed by atoms with Gasteiger partial charge in [0.2, 0.25) is 18.1 Å². The van der Waals surface area contributed by atoms with Crippen molar-refractivity contribution in [3.63, 3.8) is 0 Å². The lowest BCUT2D eigenvalue weighted by Crippen LogP contribution is -2.60. The molecule has 198 valence electrons. The van der Waals surface area contributed by atoms with E-state index in [1.54, 1.807) is 36.1 Å². The number of benzene rings is 1. The van der Waals surface area contributed by atoms with E-state index in [-0.39, 0.29) is 40.8 Å². The number of rotatable bonds is 7. The fourth-order valence-electron chi connectivity index (χ4n) is 4.96. The number of likely N-dealkylation sites (tertiary alicyclic amines) is 1. The average molecular weight is 522 g/mol. The summed E-state index contributed by atoms with van der Waals surface area (Å²) < 4.78 is 10.6. The van der Waals surface area contributed by atoms with E-state index in [0.717, 1.165) is 0 Å². The molecule has 0 bridgehead atoms. The summed E-state index contributed by atoms with van der Waals surface area (Å²) in [7, 11) is 0. The average Bonchev–Trinajstić information content (AvgIpc) is 3.28. The molecule has 2 aliphatic rings. The predicted octanol–water partition coefficient (Wildman–Crippen LogP) is 2.90. The summed E-state index contributed by atoms with van der Waals surface area (Å²) in [6.07, 6.45) is -0.241. The van der Waals surface area contributed by atoms with E-state index in [4.69, 9.17) is 21.1 Å². The van der Waals surface area contributed by atoms with Crippen LogP contribution in [0.25, 0.3) is 0 Å². The van der Waals surface area contributed by atoms with Gasteiger partial charge in [0.15, 0.2) is 0 Å². The molecule has 0 aliphatic carbocycles. The van der Waals surface area contributed by atoms with Gasteiger partial charge in [0.05, 0.1) is 17.0 Å². The maximum absolute atomic E-state index is 14.0. The Kier molecular flexibility index (Phi) is 8.67. The van der Waals surface area contributed by atoms with Gasteiger partial charge in [-0.1, -0.05) is 51.4 Å². The van der Waals surface area contributed by atoms with Crippen molar-refractivity contribution in [3.05, 3.63) is 34.9 Å². The summed E-state index contributed by atoms with van der Waals surface area (Å²) in [5.41, 5.74) is -0.377. The van der Waals surface area contributed by atoms with Gasteiger partial charge in [0, 0.05) is 12.6 Å². The number of nitrogens with zero attached hydrogens (tertiary/aromatic N) is 1. The van der Waals surface area contributed by atoms with Crippen molar-refractivity contribution in [1.29, 1.82) is 0 Å². The number of hydrogen-bond donors (Lipinski definition) is 2. The highest BCUT2D eigenvalue weighted by molar-refractivity contribution is 6.33. The van der Waals surface area contributed by atoms with Gasteiger partial charge in [0.1, 0.15) is 18.1 Å². The van der Waals surface area contributed by atoms with Crippen molar-refractivity contribution in [2.24, 2.45) is 11.3 Å². The Morgan fingerprint density at radius 1 is 1.22 bits per heavy atom. The Bertz CT molecular complexity index is 1010. The van der Waals surface area contributed by atoms with Crippen LogP contribution in [-0.2, 0) is 23.9 Å². The molecular weight excluding hydrogens is 486 g/mol. The van der Waals surface area contributed by atoms with Crippen LogP contribution in [0.2, 0.25) is 5.02 Å². The Morgan fingerprint density at radius 3 is 2.50 bits per heavy atom. The van der Waals surface area contributed by atoms with Crippen molar-refractivity contribution in [1.82, 2.24) is 15.5 Å². The molecule has 0 aromatic heterocycles. The lowest BCUT2D eigenvalue weighted by Gasteiger charge is -2.38. The highest BCUT2D eigenvalue weighted by Crippen LogP contribution is 2.33. The largest absolute Gasteiger partial charge is 0.433 e. The van der Waals surface area contributed by atoms with Crippen molar-refractivity contribution in [3.8, 4) is 0 Å². The number of nitrogens with one attached hydrogen (secondary N) is 2. The monoisotopic (exact) mass is 521 g/mol. The molecular formula is C26H36ClN3O6. The first kappa shape index (κ1) is 27.9. The predicted molar refractivity (Wildman–Crippen MR) is 134 cm³/mol. The van der Waals surface area contributed by atoms with E-state index in [2.05, 4.69) is 10.6 Å². The minimum Gasteiger partial charge on any atom is -0.433 e. The molecule has 2 aliphatic heterocycles. The van der Waals surface area contributed by atoms with Crippen LogP contribution in [0.3, 0.4) is 0 Å². The van der Waals surface area contributed by atoms with Gasteiger partial charge >= 0.3 is 5.97 Å². The van der Waals surface area contributed by atoms with Crippen LogP contribution >= 0.6 is 11.6 Å². The van der Waals surface area contributed by atoms with Crippen molar-refractivity contribution in [2.75, 3.05) is 6.61 Å². The SMILES string of the molecule is CCO[C@H]1OC(=O)CC1NC(=O)C1C(C)CC(C)N1C(=O)C(NC(=O)c1ccccc1Cl)C(C)(C)C. The van der Waals surface area contributed by atoms with E-state index >= 15 is 0 Å². The zero-order valence-electron chi connectivity index (χ0n) is 21.7. The summed E-state index contributed by atoms with van der Waals surface area (Å²) >= 11 is 6.20. The van der Waals surface area contributed by atoms with Crippen LogP contribution in [0.5, 0.6) is 0 Å². The smallest absolute Gasteiger partial charge is 0.310 e. The minimum atomic E-state index is -0.906. The Morgan fingerprint density at radius 2 is 1.89 bits per heavy atom. The third-order valence-electron chi connectivity index (χ3n) is 6.68. The third kappa shape index (κ3) is 6.00. The van der Waals surface area contributed by atoms with Gasteiger partial charge in [-0.2, -0.15) is 0 Å². The van der Waals surface area contributed by atoms with Gasteiger partial charge in [-0.05, 0) is 43.7 Å². The molecule has 1 aromatic carbocycles. The van der Waals surface area contributed by atoms with Crippen LogP contribution in [0.1, 0.15) is 64.7 Å². The number of ether oxygens (including phenoxy) is 2. The molecule has 5 unspecified atom stereocenters. The van der Waals surface area contributed by atoms with E-state index in [9.17, 15) is 19.2 Å². The molecule has 0 radical (unpaired) electrons. The number of carbonyl (C=O) groups is 4. The van der Waals surface area contributed by atoms with Crippen LogP contribution in [0.15, 0.2) is 24.3 Å². The van der Waals surface area contributed by atoms with Gasteiger partial charge in [-0.25, -0.2) is 0 Å². The summed E-state index contributed by atoms with van der Waals surface area (Å²) in [5.74, 6) is -1.77. The fraction of sp³-hybridized carbons (Fsp3) is 0.615. The number of esters is 1. The second-order valence-electron chi connectivity index (χ2n) is 10.6. The molecule has 2 saturated heterocycles. The molecule has 3 amide bonds. The lowest BCUT2D eigenvalue weighted by molar-refractivity contribution is -0.164. The van der Waals surface area contributed by atoms with Crippen LogP contribution < -0.4 is 10.6 Å². The topological polar surface area (TPSA) is 114 Å². The highest BCUT2D eigenvalue weighted by atomic mass is 35.5. The van der Waals surface area contributed by atoms with Crippen LogP contribution in [0, 0.1) is 11.3 Å². The standard InChI is InChI=1S/C26H36ClN3O6/c1-7-35-25-18(13-19(31)36-25)28-23(33)20-14(2)12-15(3)30(20)24(34)21(26(4,5)6)29-22(32)16-10-8-9-11-17(16)27/h8-11,14-15,18,20-21,25H,7,12-13H2,1-6H3,(H,28,33)(H,29,32)/t14?,15?,18?,20?,21?,25-/m0/s1. The summed E-state index contributed by atoms with van der Waals surface area (Å²) in [4.78, 5) is 53.9. The Balaban J connectivity index is 1.84. The summed E-state index contributed by atoms with van der Waals surface area (Å²) in [6.45, 7) is 11.5. The lowest BCUT2D eigenvalue weighted by atomic mass is 9.85. The molecule has 2 fully saturated rings. The maximum Gasteiger partial charge on any atom is 0.310 e. The van der Waals surface area contributed by atoms with E-state index in [1.807, 2.05) is 34.6 Å². The molecule has 2 N–H and O–H groups in total. The first-order valence-electron chi connectivity index (χ1n) is 12.3. The second-order valence-corrected chi connectivity index (χ2v) is 11.0. The molecule has 2 heterocycles. The fourth-order valence-corrected chi connectivity index (χ4v) is 5.18. The van der Waals surface area contributed by atoms with Crippen molar-refractivity contribution < 1.29 is 28.7 Å². The zero-order valence-corrected chi connectivity index (χ0v) is 22.4. The van der Waals surface area contributed by atoms with E-state index in [0.29, 0.717) is 13.0 Å². The summed E-state index contributed by atoms with van der Waals surface area (Å²) in [6, 6.07) is 4.09. The number of carbonyl (C=O) groups excluding carboxylic acids is 4. The number of hydrogen-bond acceptors (Lipinski definition) is 6. The van der Waals surface area contributed by atoms with Gasteiger partial charge < -0.3 is 25.0 Å². The highest BCUT2D eigenvalue weighted by Gasteiger charge is 2.49. The Hall–Kier alpha value is -2.65. The van der Waals surface area contributed by atoms with E-state index < -0.39 is 41.7 Å². The van der Waals surface area contributed by atoms with Crippen LogP contribution in [-0.4, -0.2) is 65.7 Å². The van der Waals surface area contributed by atoms with Crippen molar-refractivity contribution >= 4 is 35.3 Å². The normalized spacial score (nSPS) is 26.9. The molecule has 6 atom stereocenters. The molecule has 36 heavy (non-hydrogen) atoms. The van der Waals surface area contributed by atoms with Gasteiger partial charge in [-0.3, -0.25) is 19.2 Å². The summed E-state index contributed by atoms with van der Waals surface area (Å²) in [5, 5.41) is 6.01.